The lowest BCUT2D eigenvalue weighted by atomic mass is 10.0. The Morgan fingerprint density at radius 2 is 1.38 bits per heavy atom. The Kier molecular flexibility index (Phi) is 5.23. The van der Waals surface area contributed by atoms with Gasteiger partial charge in [-0.1, -0.05) is 24.3 Å². The molecule has 1 N–H and O–H groups in total. The lowest BCUT2D eigenvalue weighted by molar-refractivity contribution is 0.412. The Morgan fingerprint density at radius 3 is 2.00 bits per heavy atom. The molecule has 3 nitrogen and oxygen atoms in total. The predicted octanol–water partition coefficient (Wildman–Crippen LogP) is 4.12. The first-order chi connectivity index (χ1) is 10.1. The van der Waals surface area contributed by atoms with Crippen LogP contribution < -0.4 is 14.8 Å². The van der Waals surface area contributed by atoms with Gasteiger partial charge in [-0.2, -0.15) is 0 Å². The van der Waals surface area contributed by atoms with Gasteiger partial charge >= 0.3 is 0 Å². The normalized spacial score (nSPS) is 13.5. The summed E-state index contributed by atoms with van der Waals surface area (Å²) in [4.78, 5) is 0. The van der Waals surface area contributed by atoms with Crippen LogP contribution in [0.4, 0.5) is 0 Å². The number of rotatable bonds is 6. The summed E-state index contributed by atoms with van der Waals surface area (Å²) in [6, 6.07) is 16.8. The monoisotopic (exact) mass is 285 g/mol. The molecular weight excluding hydrogens is 262 g/mol. The van der Waals surface area contributed by atoms with Crippen molar-refractivity contribution in [2.45, 2.75) is 25.9 Å². The van der Waals surface area contributed by atoms with Crippen LogP contribution >= 0.6 is 0 Å². The number of benzene rings is 2. The SMILES string of the molecule is COc1ccc([C@@H](C)NC(C)c2cccc(OC)c2)cc1. The number of hydrogen-bond acceptors (Lipinski definition) is 3. The highest BCUT2D eigenvalue weighted by atomic mass is 16.5. The van der Waals surface area contributed by atoms with Crippen molar-refractivity contribution in [1.82, 2.24) is 5.32 Å². The summed E-state index contributed by atoms with van der Waals surface area (Å²) in [5.41, 5.74) is 2.46. The van der Waals surface area contributed by atoms with Crippen molar-refractivity contribution in [3.63, 3.8) is 0 Å². The van der Waals surface area contributed by atoms with E-state index in [1.54, 1.807) is 14.2 Å². The predicted molar refractivity (Wildman–Crippen MR) is 86.0 cm³/mol. The molecule has 0 aliphatic rings. The third kappa shape index (κ3) is 3.99. The molecule has 0 saturated heterocycles. The summed E-state index contributed by atoms with van der Waals surface area (Å²) >= 11 is 0. The summed E-state index contributed by atoms with van der Waals surface area (Å²) in [6.07, 6.45) is 0. The second kappa shape index (κ2) is 7.14. The molecule has 2 aromatic rings. The maximum atomic E-state index is 5.28. The molecule has 2 rings (SSSR count). The number of ether oxygens (including phenoxy) is 2. The van der Waals surface area contributed by atoms with E-state index in [2.05, 4.69) is 43.4 Å². The van der Waals surface area contributed by atoms with Crippen LogP contribution in [-0.2, 0) is 0 Å². The summed E-state index contributed by atoms with van der Waals surface area (Å²) in [5.74, 6) is 1.77. The van der Waals surface area contributed by atoms with E-state index in [-0.39, 0.29) is 12.1 Å². The minimum absolute atomic E-state index is 0.247. The molecule has 0 aliphatic heterocycles. The fraction of sp³-hybridized carbons (Fsp3) is 0.333. The Morgan fingerprint density at radius 1 is 0.762 bits per heavy atom. The highest BCUT2D eigenvalue weighted by Crippen LogP contribution is 2.23. The highest BCUT2D eigenvalue weighted by Gasteiger charge is 2.11. The van der Waals surface area contributed by atoms with E-state index in [9.17, 15) is 0 Å². The molecule has 21 heavy (non-hydrogen) atoms. The second-order valence-electron chi connectivity index (χ2n) is 5.16. The molecule has 112 valence electrons. The largest absolute Gasteiger partial charge is 0.497 e. The average Bonchev–Trinajstić information content (AvgIpc) is 2.54. The third-order valence-electron chi connectivity index (χ3n) is 3.71. The van der Waals surface area contributed by atoms with E-state index in [4.69, 9.17) is 9.47 Å². The number of nitrogens with one attached hydrogen (secondary N) is 1. The van der Waals surface area contributed by atoms with Gasteiger partial charge in [-0.3, -0.25) is 0 Å². The molecule has 2 aromatic carbocycles. The highest BCUT2D eigenvalue weighted by molar-refractivity contribution is 5.31. The van der Waals surface area contributed by atoms with Gasteiger partial charge in [-0.05, 0) is 49.2 Å². The maximum absolute atomic E-state index is 5.28. The van der Waals surface area contributed by atoms with Crippen LogP contribution in [0, 0.1) is 0 Å². The van der Waals surface area contributed by atoms with E-state index in [1.807, 2.05) is 24.3 Å². The van der Waals surface area contributed by atoms with Crippen molar-refractivity contribution in [3.8, 4) is 11.5 Å². The standard InChI is InChI=1S/C18H23NO2/c1-13(15-8-10-17(20-3)11-9-15)19-14(2)16-6-5-7-18(12-16)21-4/h5-14,19H,1-4H3/t13-,14?/m1/s1. The first kappa shape index (κ1) is 15.4. The van der Waals surface area contributed by atoms with Gasteiger partial charge in [-0.25, -0.2) is 0 Å². The van der Waals surface area contributed by atoms with Gasteiger partial charge < -0.3 is 14.8 Å². The Labute approximate surface area is 126 Å². The first-order valence-electron chi connectivity index (χ1n) is 7.18. The molecule has 0 saturated carbocycles. The lowest BCUT2D eigenvalue weighted by Gasteiger charge is -2.21. The van der Waals surface area contributed by atoms with E-state index < -0.39 is 0 Å². The zero-order chi connectivity index (χ0) is 15.2. The van der Waals surface area contributed by atoms with Crippen LogP contribution in [-0.4, -0.2) is 14.2 Å². The minimum Gasteiger partial charge on any atom is -0.497 e. The fourth-order valence-corrected chi connectivity index (χ4v) is 2.37. The fourth-order valence-electron chi connectivity index (χ4n) is 2.37. The molecule has 0 spiro atoms. The van der Waals surface area contributed by atoms with Crippen molar-refractivity contribution in [1.29, 1.82) is 0 Å². The van der Waals surface area contributed by atoms with Gasteiger partial charge in [0.25, 0.3) is 0 Å². The van der Waals surface area contributed by atoms with Gasteiger partial charge in [0.15, 0.2) is 0 Å². The summed E-state index contributed by atoms with van der Waals surface area (Å²) < 4.78 is 10.5. The summed E-state index contributed by atoms with van der Waals surface area (Å²) in [5, 5.41) is 3.60. The molecule has 2 atom stereocenters. The van der Waals surface area contributed by atoms with Crippen LogP contribution in [0.25, 0.3) is 0 Å². The van der Waals surface area contributed by atoms with Gasteiger partial charge in [-0.15, -0.1) is 0 Å². The summed E-state index contributed by atoms with van der Waals surface area (Å²) in [6.45, 7) is 4.33. The van der Waals surface area contributed by atoms with Crippen molar-refractivity contribution in [3.05, 3.63) is 59.7 Å². The van der Waals surface area contributed by atoms with Crippen molar-refractivity contribution in [2.75, 3.05) is 14.2 Å². The van der Waals surface area contributed by atoms with E-state index in [1.165, 1.54) is 11.1 Å². The van der Waals surface area contributed by atoms with E-state index >= 15 is 0 Å². The first-order valence-corrected chi connectivity index (χ1v) is 7.18. The third-order valence-corrected chi connectivity index (χ3v) is 3.71. The van der Waals surface area contributed by atoms with Crippen LogP contribution in [0.5, 0.6) is 11.5 Å². The van der Waals surface area contributed by atoms with Crippen molar-refractivity contribution < 1.29 is 9.47 Å². The minimum atomic E-state index is 0.247. The average molecular weight is 285 g/mol. The molecule has 3 heteroatoms. The topological polar surface area (TPSA) is 30.5 Å². The lowest BCUT2D eigenvalue weighted by Crippen LogP contribution is -2.22. The molecular formula is C18H23NO2. The summed E-state index contributed by atoms with van der Waals surface area (Å²) in [7, 11) is 3.37. The molecule has 0 aliphatic carbocycles. The maximum Gasteiger partial charge on any atom is 0.119 e. The van der Waals surface area contributed by atoms with Gasteiger partial charge in [0.2, 0.25) is 0 Å². The Hall–Kier alpha value is -2.00. The van der Waals surface area contributed by atoms with Crippen LogP contribution in [0.1, 0.15) is 37.1 Å². The second-order valence-corrected chi connectivity index (χ2v) is 5.16. The quantitative estimate of drug-likeness (QED) is 0.866. The Balaban J connectivity index is 2.04. The van der Waals surface area contributed by atoms with Crippen LogP contribution in [0.15, 0.2) is 48.5 Å². The van der Waals surface area contributed by atoms with Crippen LogP contribution in [0.2, 0.25) is 0 Å². The smallest absolute Gasteiger partial charge is 0.119 e. The molecule has 0 aromatic heterocycles. The number of methoxy groups -OCH3 is 2. The molecule has 0 amide bonds. The van der Waals surface area contributed by atoms with Crippen molar-refractivity contribution in [2.24, 2.45) is 0 Å². The van der Waals surface area contributed by atoms with Gasteiger partial charge in [0, 0.05) is 12.1 Å². The van der Waals surface area contributed by atoms with Gasteiger partial charge in [0.05, 0.1) is 14.2 Å². The zero-order valence-electron chi connectivity index (χ0n) is 13.1. The van der Waals surface area contributed by atoms with Crippen LogP contribution in [0.3, 0.4) is 0 Å². The van der Waals surface area contributed by atoms with Crippen molar-refractivity contribution >= 4 is 0 Å². The zero-order valence-corrected chi connectivity index (χ0v) is 13.1. The molecule has 1 unspecified atom stereocenters. The molecule has 0 radical (unpaired) electrons. The molecule has 0 heterocycles. The van der Waals surface area contributed by atoms with Gasteiger partial charge in [0.1, 0.15) is 11.5 Å². The molecule has 0 fully saturated rings. The van der Waals surface area contributed by atoms with E-state index in [0.717, 1.165) is 11.5 Å². The Bertz CT molecular complexity index is 566. The van der Waals surface area contributed by atoms with E-state index in [0.29, 0.717) is 0 Å². The number of hydrogen-bond donors (Lipinski definition) is 1. The molecule has 0 bridgehead atoms.